The number of carbonyl (C=O) groups is 1. The summed E-state index contributed by atoms with van der Waals surface area (Å²) in [5, 5.41) is 29.4. The first-order chi connectivity index (χ1) is 19.8. The molecule has 0 amide bonds. The van der Waals surface area contributed by atoms with Gasteiger partial charge in [0.1, 0.15) is 27.2 Å². The summed E-state index contributed by atoms with van der Waals surface area (Å²) in [7, 11) is 0. The summed E-state index contributed by atoms with van der Waals surface area (Å²) in [4.78, 5) is 13.3. The fourth-order valence-corrected chi connectivity index (χ4v) is 10.1. The van der Waals surface area contributed by atoms with Crippen molar-refractivity contribution in [3.05, 3.63) is 40.8 Å². The average Bonchev–Trinajstić information content (AvgIpc) is 3.49. The van der Waals surface area contributed by atoms with Crippen LogP contribution in [-0.4, -0.2) is 29.5 Å². The van der Waals surface area contributed by atoms with Crippen LogP contribution in [0.2, 0.25) is 0 Å². The fourth-order valence-electron chi connectivity index (χ4n) is 9.06. The monoisotopic (exact) mass is 574 g/mol. The lowest BCUT2D eigenvalue weighted by molar-refractivity contribution is -0.113. The van der Waals surface area contributed by atoms with Crippen LogP contribution in [0, 0.1) is 45.8 Å². The molecule has 0 radical (unpaired) electrons. The molecule has 4 saturated carbocycles. The van der Waals surface area contributed by atoms with Gasteiger partial charge in [-0.1, -0.05) is 32.0 Å². The third kappa shape index (κ3) is 4.85. The number of nitriles is 1. The zero-order valence-electron chi connectivity index (χ0n) is 24.4. The lowest BCUT2D eigenvalue weighted by atomic mass is 9.45. The Kier molecular flexibility index (Phi) is 7.63. The maximum atomic E-state index is 13.0. The number of hydrogen-bond acceptors (Lipinski definition) is 8. The highest BCUT2D eigenvalue weighted by Gasteiger charge is 2.59. The van der Waals surface area contributed by atoms with Gasteiger partial charge in [-0.05, 0) is 106 Å². The highest BCUT2D eigenvalue weighted by atomic mass is 32.1. The average molecular weight is 575 g/mol. The minimum Gasteiger partial charge on any atom is -0.462 e. The predicted octanol–water partition coefficient (Wildman–Crippen LogP) is 7.71. The summed E-state index contributed by atoms with van der Waals surface area (Å²) in [6.07, 6.45) is 9.84. The molecule has 7 atom stereocenters. The molecule has 4 fully saturated rings. The standard InChI is InChI=1S/C33H42N4O3S/c1-4-40-31(39)29-28(24(19-34)30(41-29)35-21-8-6-5-7-9-21)37-36-27-13-12-25-23-11-10-20-18-22(38)14-16-32(20,2)26(23)15-17-33(25,27)3/h5-9,20,22-23,25-26,35,37-38H,4,10-18H2,1-3H3/b36-27+/t20-,22-,23-,25-,26-,32-,33-/m0/s1. The molecule has 0 unspecified atom stereocenters. The van der Waals surface area contributed by atoms with Gasteiger partial charge in [-0.2, -0.15) is 10.4 Å². The number of aliphatic hydroxyl groups is 1. The third-order valence-corrected chi connectivity index (χ3v) is 12.3. The molecule has 0 spiro atoms. The van der Waals surface area contributed by atoms with Crippen LogP contribution in [0.1, 0.15) is 93.8 Å². The Hall–Kier alpha value is -2.89. The first-order valence-corrected chi connectivity index (χ1v) is 16.2. The molecular formula is C33H42N4O3S. The molecule has 1 heterocycles. The van der Waals surface area contributed by atoms with E-state index in [2.05, 4.69) is 30.7 Å². The molecule has 1 aromatic carbocycles. The first kappa shape index (κ1) is 28.2. The van der Waals surface area contributed by atoms with Crippen LogP contribution in [0.4, 0.5) is 16.4 Å². The highest BCUT2D eigenvalue weighted by Crippen LogP contribution is 2.65. The SMILES string of the molecule is CCOC(=O)c1sc(Nc2ccccc2)c(C#N)c1N/N=C1\CC[C@H]2[C@@H]3CC[C@H]4C[C@@H](O)CC[C@]4(C)[C@H]3CC[C@]12C. The molecule has 0 aliphatic heterocycles. The minimum absolute atomic E-state index is 0.0174. The number of anilines is 3. The Morgan fingerprint density at radius 3 is 2.71 bits per heavy atom. The van der Waals surface area contributed by atoms with Crippen molar-refractivity contribution in [2.45, 2.75) is 84.7 Å². The zero-order valence-corrected chi connectivity index (χ0v) is 25.2. The van der Waals surface area contributed by atoms with Crippen molar-refractivity contribution >= 4 is 39.4 Å². The van der Waals surface area contributed by atoms with Crippen molar-refractivity contribution in [3.8, 4) is 6.07 Å². The van der Waals surface area contributed by atoms with E-state index in [1.54, 1.807) is 6.92 Å². The van der Waals surface area contributed by atoms with E-state index in [0.29, 0.717) is 44.3 Å². The molecule has 8 heteroatoms. The van der Waals surface area contributed by atoms with Gasteiger partial charge in [0, 0.05) is 16.8 Å². The molecule has 4 aliphatic carbocycles. The Morgan fingerprint density at radius 1 is 1.15 bits per heavy atom. The fraction of sp³-hybridized carbons (Fsp3) is 0.606. The van der Waals surface area contributed by atoms with E-state index in [4.69, 9.17) is 9.84 Å². The van der Waals surface area contributed by atoms with Crippen molar-refractivity contribution in [2.24, 2.45) is 39.6 Å². The van der Waals surface area contributed by atoms with Crippen molar-refractivity contribution in [3.63, 3.8) is 0 Å². The van der Waals surface area contributed by atoms with Gasteiger partial charge in [-0.25, -0.2) is 4.79 Å². The molecule has 41 heavy (non-hydrogen) atoms. The summed E-state index contributed by atoms with van der Waals surface area (Å²) < 4.78 is 5.36. The third-order valence-electron chi connectivity index (χ3n) is 11.2. The second-order valence-corrected chi connectivity index (χ2v) is 14.1. The number of hydrogen-bond donors (Lipinski definition) is 3. The lowest BCUT2D eigenvalue weighted by Gasteiger charge is -2.60. The van der Waals surface area contributed by atoms with Crippen molar-refractivity contribution < 1.29 is 14.6 Å². The number of fused-ring (bicyclic) bond motifs is 5. The Labute approximate surface area is 247 Å². The van der Waals surface area contributed by atoms with Crippen LogP contribution < -0.4 is 10.7 Å². The van der Waals surface area contributed by atoms with E-state index in [9.17, 15) is 15.2 Å². The minimum atomic E-state index is -0.448. The Balaban J connectivity index is 1.27. The first-order valence-electron chi connectivity index (χ1n) is 15.4. The van der Waals surface area contributed by atoms with Gasteiger partial charge in [-0.15, -0.1) is 11.3 Å². The van der Waals surface area contributed by atoms with Crippen molar-refractivity contribution in [2.75, 3.05) is 17.3 Å². The van der Waals surface area contributed by atoms with Gasteiger partial charge >= 0.3 is 5.97 Å². The Bertz CT molecular complexity index is 1370. The number of esters is 1. The number of carbonyl (C=O) groups excluding carboxylic acids is 1. The molecular weight excluding hydrogens is 532 g/mol. The second kappa shape index (κ2) is 11.1. The van der Waals surface area contributed by atoms with E-state index in [1.165, 1.54) is 30.6 Å². The number of benzene rings is 1. The van der Waals surface area contributed by atoms with Gasteiger partial charge in [0.25, 0.3) is 0 Å². The summed E-state index contributed by atoms with van der Waals surface area (Å²) in [6, 6.07) is 12.0. The number of rotatable bonds is 6. The maximum absolute atomic E-state index is 13.0. The van der Waals surface area contributed by atoms with E-state index < -0.39 is 5.97 Å². The summed E-state index contributed by atoms with van der Waals surface area (Å²) in [6.45, 7) is 6.96. The van der Waals surface area contributed by atoms with Crippen LogP contribution in [0.25, 0.3) is 0 Å². The molecule has 6 rings (SSSR count). The van der Waals surface area contributed by atoms with Gasteiger partial charge in [-0.3, -0.25) is 5.43 Å². The van der Waals surface area contributed by atoms with Crippen LogP contribution in [0.3, 0.4) is 0 Å². The van der Waals surface area contributed by atoms with E-state index in [0.717, 1.165) is 55.8 Å². The largest absolute Gasteiger partial charge is 0.462 e. The number of hydrazone groups is 1. The predicted molar refractivity (Wildman–Crippen MR) is 164 cm³/mol. The number of nitrogens with one attached hydrogen (secondary N) is 2. The number of aliphatic hydroxyl groups excluding tert-OH is 1. The van der Waals surface area contributed by atoms with E-state index in [1.807, 2.05) is 30.3 Å². The molecule has 4 aliphatic rings. The normalized spacial score (nSPS) is 35.1. The van der Waals surface area contributed by atoms with Crippen LogP contribution in [0.15, 0.2) is 35.4 Å². The quantitative estimate of drug-likeness (QED) is 0.241. The van der Waals surface area contributed by atoms with Gasteiger partial charge in [0.2, 0.25) is 0 Å². The van der Waals surface area contributed by atoms with Gasteiger partial charge < -0.3 is 15.2 Å². The number of ether oxygens (including phenoxy) is 1. The van der Waals surface area contributed by atoms with Crippen LogP contribution >= 0.6 is 11.3 Å². The molecule has 7 nitrogen and oxygen atoms in total. The Morgan fingerprint density at radius 2 is 1.95 bits per heavy atom. The zero-order chi connectivity index (χ0) is 28.8. The molecule has 2 aromatic rings. The number of nitrogens with zero attached hydrogens (tertiary/aromatic N) is 2. The second-order valence-electron chi connectivity index (χ2n) is 13.1. The van der Waals surface area contributed by atoms with E-state index >= 15 is 0 Å². The molecule has 218 valence electrons. The number of thiophene rings is 1. The molecule has 1 aromatic heterocycles. The topological polar surface area (TPSA) is 107 Å². The highest BCUT2D eigenvalue weighted by molar-refractivity contribution is 7.19. The smallest absolute Gasteiger partial charge is 0.350 e. The summed E-state index contributed by atoms with van der Waals surface area (Å²) >= 11 is 1.23. The van der Waals surface area contributed by atoms with Gasteiger partial charge in [0.15, 0.2) is 0 Å². The molecule has 3 N–H and O–H groups in total. The molecule has 0 saturated heterocycles. The van der Waals surface area contributed by atoms with Gasteiger partial charge in [0.05, 0.1) is 12.7 Å². The summed E-state index contributed by atoms with van der Waals surface area (Å²) in [5.41, 5.74) is 6.39. The lowest BCUT2D eigenvalue weighted by Crippen LogP contribution is -2.54. The molecule has 0 bridgehead atoms. The van der Waals surface area contributed by atoms with Crippen LogP contribution in [-0.2, 0) is 4.74 Å². The number of para-hydroxylation sites is 1. The van der Waals surface area contributed by atoms with Crippen molar-refractivity contribution in [1.82, 2.24) is 0 Å². The van der Waals surface area contributed by atoms with Crippen molar-refractivity contribution in [1.29, 1.82) is 5.26 Å². The maximum Gasteiger partial charge on any atom is 0.350 e. The van der Waals surface area contributed by atoms with E-state index in [-0.39, 0.29) is 18.1 Å². The summed E-state index contributed by atoms with van der Waals surface area (Å²) in [5.74, 6) is 2.23. The van der Waals surface area contributed by atoms with Crippen LogP contribution in [0.5, 0.6) is 0 Å².